The Morgan fingerprint density at radius 1 is 1.10 bits per heavy atom. The highest BCUT2D eigenvalue weighted by Crippen LogP contribution is 2.36. The lowest BCUT2D eigenvalue weighted by molar-refractivity contribution is -0.142. The van der Waals surface area contributed by atoms with Crippen molar-refractivity contribution in [1.29, 1.82) is 0 Å². The molecule has 4 rings (SSSR count). The highest BCUT2D eigenvalue weighted by Gasteiger charge is 2.39. The van der Waals surface area contributed by atoms with E-state index in [1.165, 1.54) is 4.68 Å². The Bertz CT molecular complexity index is 1090. The number of benzene rings is 2. The van der Waals surface area contributed by atoms with Gasteiger partial charge in [-0.2, -0.15) is 18.3 Å². The van der Waals surface area contributed by atoms with Gasteiger partial charge in [-0.3, -0.25) is 9.48 Å². The van der Waals surface area contributed by atoms with Crippen LogP contribution in [0.4, 0.5) is 18.9 Å². The summed E-state index contributed by atoms with van der Waals surface area (Å²) in [5, 5.41) is 6.73. The monoisotopic (exact) mass is 429 g/mol. The molecule has 1 aliphatic carbocycles. The van der Waals surface area contributed by atoms with Crippen LogP contribution in [-0.2, 0) is 25.6 Å². The van der Waals surface area contributed by atoms with Crippen molar-refractivity contribution in [2.24, 2.45) is 0 Å². The number of anilines is 1. The summed E-state index contributed by atoms with van der Waals surface area (Å²) in [4.78, 5) is 12.9. The van der Waals surface area contributed by atoms with Crippen LogP contribution >= 0.6 is 0 Å². The van der Waals surface area contributed by atoms with Gasteiger partial charge in [-0.15, -0.1) is 0 Å². The number of methoxy groups -OCH3 is 1. The third kappa shape index (κ3) is 4.42. The van der Waals surface area contributed by atoms with Crippen LogP contribution < -0.4 is 10.1 Å². The predicted octanol–water partition coefficient (Wildman–Crippen LogP) is 5.09. The zero-order valence-corrected chi connectivity index (χ0v) is 17.0. The van der Waals surface area contributed by atoms with E-state index in [4.69, 9.17) is 4.74 Å². The molecule has 31 heavy (non-hydrogen) atoms. The Morgan fingerprint density at radius 3 is 2.52 bits per heavy atom. The number of hydrogen-bond donors (Lipinski definition) is 1. The summed E-state index contributed by atoms with van der Waals surface area (Å²) in [6.07, 6.45) is -2.00. The molecule has 1 amide bonds. The second-order valence-corrected chi connectivity index (χ2v) is 7.48. The van der Waals surface area contributed by atoms with Gasteiger partial charge in [0, 0.05) is 22.5 Å². The SMILES string of the molecule is COc1ccc(NC(=O)c2ccccc2Cn2nc(C(F)(F)F)c3c2CCCC3)cc1. The molecule has 0 bridgehead atoms. The third-order valence-corrected chi connectivity index (χ3v) is 5.46. The molecular formula is C23H22F3N3O2. The van der Waals surface area contributed by atoms with E-state index in [0.29, 0.717) is 46.7 Å². The first-order valence-corrected chi connectivity index (χ1v) is 10.1. The summed E-state index contributed by atoms with van der Waals surface area (Å²) in [6.45, 7) is 0.102. The minimum atomic E-state index is -4.49. The minimum absolute atomic E-state index is 0.102. The Morgan fingerprint density at radius 2 is 1.81 bits per heavy atom. The summed E-state index contributed by atoms with van der Waals surface area (Å²) in [5.41, 5.74) is 1.70. The second-order valence-electron chi connectivity index (χ2n) is 7.48. The third-order valence-electron chi connectivity index (χ3n) is 5.46. The Hall–Kier alpha value is -3.29. The maximum absolute atomic E-state index is 13.5. The summed E-state index contributed by atoms with van der Waals surface area (Å²) in [5.74, 6) is 0.333. The van der Waals surface area contributed by atoms with Crippen LogP contribution in [0.15, 0.2) is 48.5 Å². The second kappa shape index (κ2) is 8.45. The van der Waals surface area contributed by atoms with Crippen LogP contribution in [0, 0.1) is 0 Å². The molecule has 1 aromatic heterocycles. The molecule has 0 atom stereocenters. The highest BCUT2D eigenvalue weighted by atomic mass is 19.4. The molecule has 162 valence electrons. The van der Waals surface area contributed by atoms with Crippen LogP contribution in [0.2, 0.25) is 0 Å². The molecular weight excluding hydrogens is 407 g/mol. The Labute approximate surface area is 177 Å². The largest absolute Gasteiger partial charge is 0.497 e. The number of nitrogens with one attached hydrogen (secondary N) is 1. The molecule has 3 aromatic rings. The summed E-state index contributed by atoms with van der Waals surface area (Å²) < 4.78 is 47.0. The first kappa shape index (κ1) is 21.0. The average molecular weight is 429 g/mol. The van der Waals surface area contributed by atoms with Gasteiger partial charge in [-0.1, -0.05) is 18.2 Å². The maximum Gasteiger partial charge on any atom is 0.435 e. The maximum atomic E-state index is 13.5. The molecule has 0 saturated carbocycles. The lowest BCUT2D eigenvalue weighted by Gasteiger charge is -2.16. The van der Waals surface area contributed by atoms with Gasteiger partial charge in [0.15, 0.2) is 5.69 Å². The number of ether oxygens (including phenoxy) is 1. The quantitative estimate of drug-likeness (QED) is 0.615. The van der Waals surface area contributed by atoms with E-state index in [0.717, 1.165) is 12.8 Å². The van der Waals surface area contributed by atoms with E-state index < -0.39 is 11.9 Å². The molecule has 1 aliphatic rings. The molecule has 0 spiro atoms. The van der Waals surface area contributed by atoms with E-state index in [1.807, 2.05) is 0 Å². The number of amides is 1. The standard InChI is InChI=1S/C23H22F3N3O2/c1-31-17-12-10-16(11-13-17)27-22(30)18-7-3-2-6-15(18)14-29-20-9-5-4-8-19(20)21(28-29)23(24,25)26/h2-3,6-7,10-13H,4-5,8-9,14H2,1H3,(H,27,30). The van der Waals surface area contributed by atoms with Gasteiger partial charge in [0.05, 0.1) is 13.7 Å². The van der Waals surface area contributed by atoms with Gasteiger partial charge < -0.3 is 10.1 Å². The number of carbonyl (C=O) groups is 1. The van der Waals surface area contributed by atoms with Gasteiger partial charge in [0.25, 0.3) is 5.91 Å². The number of fused-ring (bicyclic) bond motifs is 1. The lowest BCUT2D eigenvalue weighted by atomic mass is 9.95. The number of carbonyl (C=O) groups excluding carboxylic acids is 1. The van der Waals surface area contributed by atoms with Gasteiger partial charge in [0.1, 0.15) is 5.75 Å². The van der Waals surface area contributed by atoms with Crippen molar-refractivity contribution in [2.45, 2.75) is 38.4 Å². The highest BCUT2D eigenvalue weighted by molar-refractivity contribution is 6.05. The van der Waals surface area contributed by atoms with Crippen molar-refractivity contribution in [3.63, 3.8) is 0 Å². The topological polar surface area (TPSA) is 56.1 Å². The van der Waals surface area contributed by atoms with Crippen LogP contribution in [0.3, 0.4) is 0 Å². The molecule has 1 heterocycles. The molecule has 0 saturated heterocycles. The van der Waals surface area contributed by atoms with Crippen LogP contribution in [0.5, 0.6) is 5.75 Å². The van der Waals surface area contributed by atoms with Crippen molar-refractivity contribution in [3.05, 3.63) is 76.6 Å². The molecule has 0 radical (unpaired) electrons. The number of rotatable bonds is 5. The smallest absolute Gasteiger partial charge is 0.435 e. The fourth-order valence-corrected chi connectivity index (χ4v) is 3.94. The first-order chi connectivity index (χ1) is 14.9. The summed E-state index contributed by atoms with van der Waals surface area (Å²) in [6, 6.07) is 13.8. The van der Waals surface area contributed by atoms with Gasteiger partial charge in [-0.25, -0.2) is 0 Å². The van der Waals surface area contributed by atoms with Crippen molar-refractivity contribution in [3.8, 4) is 5.75 Å². The van der Waals surface area contributed by atoms with E-state index in [9.17, 15) is 18.0 Å². The number of hydrogen-bond acceptors (Lipinski definition) is 3. The number of aromatic nitrogens is 2. The van der Waals surface area contributed by atoms with Crippen LogP contribution in [0.25, 0.3) is 0 Å². The minimum Gasteiger partial charge on any atom is -0.497 e. The first-order valence-electron chi connectivity index (χ1n) is 10.1. The number of alkyl halides is 3. The van der Waals surface area contributed by atoms with Gasteiger partial charge in [-0.05, 0) is 61.6 Å². The number of nitrogens with zero attached hydrogens (tertiary/aromatic N) is 2. The van der Waals surface area contributed by atoms with Gasteiger partial charge in [0.2, 0.25) is 0 Å². The molecule has 0 unspecified atom stereocenters. The Kier molecular flexibility index (Phi) is 5.71. The number of halogens is 3. The predicted molar refractivity (Wildman–Crippen MR) is 110 cm³/mol. The zero-order chi connectivity index (χ0) is 22.0. The summed E-state index contributed by atoms with van der Waals surface area (Å²) >= 11 is 0. The lowest BCUT2D eigenvalue weighted by Crippen LogP contribution is -2.17. The Balaban J connectivity index is 1.62. The summed E-state index contributed by atoms with van der Waals surface area (Å²) in [7, 11) is 1.56. The molecule has 0 aliphatic heterocycles. The van der Waals surface area contributed by atoms with Crippen molar-refractivity contribution < 1.29 is 22.7 Å². The van der Waals surface area contributed by atoms with Crippen LogP contribution in [-0.4, -0.2) is 22.8 Å². The van der Waals surface area contributed by atoms with Crippen molar-refractivity contribution in [1.82, 2.24) is 9.78 Å². The van der Waals surface area contributed by atoms with E-state index in [-0.39, 0.29) is 12.5 Å². The fourth-order valence-electron chi connectivity index (χ4n) is 3.94. The zero-order valence-electron chi connectivity index (χ0n) is 17.0. The molecule has 5 nitrogen and oxygen atoms in total. The normalized spacial score (nSPS) is 13.5. The molecule has 1 N–H and O–H groups in total. The van der Waals surface area contributed by atoms with E-state index in [1.54, 1.807) is 55.6 Å². The van der Waals surface area contributed by atoms with E-state index in [2.05, 4.69) is 10.4 Å². The molecule has 8 heteroatoms. The van der Waals surface area contributed by atoms with Crippen molar-refractivity contribution in [2.75, 3.05) is 12.4 Å². The molecule has 0 fully saturated rings. The van der Waals surface area contributed by atoms with Gasteiger partial charge >= 0.3 is 6.18 Å². The van der Waals surface area contributed by atoms with Crippen molar-refractivity contribution >= 4 is 11.6 Å². The van der Waals surface area contributed by atoms with Crippen LogP contribution in [0.1, 0.15) is 45.7 Å². The van der Waals surface area contributed by atoms with E-state index >= 15 is 0 Å². The molecule has 2 aromatic carbocycles. The fraction of sp³-hybridized carbons (Fsp3) is 0.304. The average Bonchev–Trinajstić information content (AvgIpc) is 3.14.